The van der Waals surface area contributed by atoms with Crippen LogP contribution >= 0.6 is 0 Å². The summed E-state index contributed by atoms with van der Waals surface area (Å²) in [4.78, 5) is 24.0. The maximum atomic E-state index is 12.2. The highest BCUT2D eigenvalue weighted by molar-refractivity contribution is 5.96. The molecule has 0 fully saturated rings. The molecule has 0 spiro atoms. The lowest BCUT2D eigenvalue weighted by Crippen LogP contribution is -2.41. The number of benzene rings is 1. The lowest BCUT2D eigenvalue weighted by Gasteiger charge is -2.14. The van der Waals surface area contributed by atoms with Gasteiger partial charge in [0, 0.05) is 25.8 Å². The molecule has 0 bridgehead atoms. The van der Waals surface area contributed by atoms with Crippen LogP contribution in [0.25, 0.3) is 0 Å². The number of amides is 2. The molecule has 3 N–H and O–H groups in total. The van der Waals surface area contributed by atoms with Gasteiger partial charge in [-0.3, -0.25) is 9.59 Å². The summed E-state index contributed by atoms with van der Waals surface area (Å²) >= 11 is 0. The Bertz CT molecular complexity index is 551. The summed E-state index contributed by atoms with van der Waals surface area (Å²) in [7, 11) is 3.49. The molecule has 0 saturated heterocycles. The molecule has 8 heteroatoms. The van der Waals surface area contributed by atoms with Crippen molar-refractivity contribution in [1.29, 1.82) is 0 Å². The number of carbonyl (C=O) groups excluding carboxylic acids is 2. The molecule has 0 radical (unpaired) electrons. The van der Waals surface area contributed by atoms with Crippen LogP contribution in [0.1, 0.15) is 18.9 Å². The first-order valence-electron chi connectivity index (χ1n) is 9.05. The molecular weight excluding hydrogens is 350 g/mol. The molecule has 0 aliphatic heterocycles. The van der Waals surface area contributed by atoms with Gasteiger partial charge in [-0.15, -0.1) is 0 Å². The fraction of sp³-hybridized carbons (Fsp3) is 0.579. The average Bonchev–Trinajstić information content (AvgIpc) is 2.65. The highest BCUT2D eigenvalue weighted by atomic mass is 16.5. The molecule has 0 unspecified atom stereocenters. The molecule has 1 aromatic carbocycles. The van der Waals surface area contributed by atoms with Crippen molar-refractivity contribution >= 4 is 17.5 Å². The second kappa shape index (κ2) is 14.1. The first kappa shape index (κ1) is 23.0. The van der Waals surface area contributed by atoms with Crippen LogP contribution in [0.3, 0.4) is 0 Å². The van der Waals surface area contributed by atoms with E-state index in [2.05, 4.69) is 16.0 Å². The number of nitrogens with one attached hydrogen (secondary N) is 3. The Hall–Kier alpha value is -2.00. The highest BCUT2D eigenvalue weighted by Crippen LogP contribution is 2.10. The molecule has 27 heavy (non-hydrogen) atoms. The number of rotatable bonds is 14. The van der Waals surface area contributed by atoms with E-state index in [1.807, 2.05) is 19.2 Å². The maximum absolute atomic E-state index is 12.2. The van der Waals surface area contributed by atoms with Crippen molar-refractivity contribution in [2.45, 2.75) is 26.0 Å². The van der Waals surface area contributed by atoms with Crippen molar-refractivity contribution in [3.05, 3.63) is 29.8 Å². The molecule has 0 aliphatic carbocycles. The normalized spacial score (nSPS) is 11.8. The minimum Gasteiger partial charge on any atom is -0.380 e. The van der Waals surface area contributed by atoms with Gasteiger partial charge in [-0.1, -0.05) is 12.1 Å². The van der Waals surface area contributed by atoms with Gasteiger partial charge in [0.1, 0.15) is 6.04 Å². The Morgan fingerprint density at radius 3 is 2.33 bits per heavy atom. The standard InChI is InChI=1S/C19H31N3O5/c1-15(19(24)22-17-6-4-16(5-7-17)14-25-3)21-18(23)8-10-26-12-13-27-11-9-20-2/h4-7,15,20H,8-14H2,1-3H3,(H,21,23)(H,22,24)/t15-/m0/s1. The van der Waals surface area contributed by atoms with E-state index in [4.69, 9.17) is 14.2 Å². The molecule has 1 aromatic rings. The Morgan fingerprint density at radius 1 is 1.04 bits per heavy atom. The third-order valence-electron chi connectivity index (χ3n) is 3.65. The molecule has 2 amide bonds. The Balaban J connectivity index is 2.19. The largest absolute Gasteiger partial charge is 0.380 e. The van der Waals surface area contributed by atoms with Gasteiger partial charge in [0.2, 0.25) is 11.8 Å². The summed E-state index contributed by atoms with van der Waals surface area (Å²) in [5, 5.41) is 8.41. The van der Waals surface area contributed by atoms with Crippen molar-refractivity contribution in [2.24, 2.45) is 0 Å². The lowest BCUT2D eigenvalue weighted by atomic mass is 10.2. The third-order valence-corrected chi connectivity index (χ3v) is 3.65. The summed E-state index contributed by atoms with van der Waals surface area (Å²) in [6, 6.07) is 6.71. The van der Waals surface area contributed by atoms with Crippen LogP contribution in [-0.4, -0.2) is 65.0 Å². The quantitative estimate of drug-likeness (QED) is 0.415. The van der Waals surface area contributed by atoms with Gasteiger partial charge in [0.15, 0.2) is 0 Å². The topological polar surface area (TPSA) is 97.9 Å². The number of anilines is 1. The Morgan fingerprint density at radius 2 is 1.70 bits per heavy atom. The fourth-order valence-corrected chi connectivity index (χ4v) is 2.14. The average molecular weight is 381 g/mol. The lowest BCUT2D eigenvalue weighted by molar-refractivity contribution is -0.127. The van der Waals surface area contributed by atoms with Crippen LogP contribution in [0.5, 0.6) is 0 Å². The molecule has 0 aromatic heterocycles. The molecule has 8 nitrogen and oxygen atoms in total. The number of hydrogen-bond acceptors (Lipinski definition) is 6. The number of methoxy groups -OCH3 is 1. The van der Waals surface area contributed by atoms with E-state index in [1.165, 1.54) is 0 Å². The second-order valence-electron chi connectivity index (χ2n) is 5.99. The first-order chi connectivity index (χ1) is 13.1. The van der Waals surface area contributed by atoms with Gasteiger partial charge in [-0.2, -0.15) is 0 Å². The number of carbonyl (C=O) groups is 2. The molecular formula is C19H31N3O5. The van der Waals surface area contributed by atoms with E-state index < -0.39 is 6.04 Å². The first-order valence-corrected chi connectivity index (χ1v) is 9.05. The van der Waals surface area contributed by atoms with Crippen LogP contribution < -0.4 is 16.0 Å². The Labute approximate surface area is 160 Å². The summed E-state index contributed by atoms with van der Waals surface area (Å²) in [6.45, 7) is 4.80. The van der Waals surface area contributed by atoms with E-state index in [0.29, 0.717) is 32.1 Å². The van der Waals surface area contributed by atoms with Crippen LogP contribution in [0.15, 0.2) is 24.3 Å². The van der Waals surface area contributed by atoms with Crippen LogP contribution in [-0.2, 0) is 30.4 Å². The monoisotopic (exact) mass is 381 g/mol. The fourth-order valence-electron chi connectivity index (χ4n) is 2.14. The number of hydrogen-bond donors (Lipinski definition) is 3. The minimum absolute atomic E-state index is 0.194. The zero-order chi connectivity index (χ0) is 19.9. The molecule has 0 aliphatic rings. The summed E-state index contributed by atoms with van der Waals surface area (Å²) in [6.07, 6.45) is 0.194. The van der Waals surface area contributed by atoms with Gasteiger partial charge in [-0.25, -0.2) is 0 Å². The molecule has 1 rings (SSSR count). The maximum Gasteiger partial charge on any atom is 0.246 e. The van der Waals surface area contributed by atoms with Gasteiger partial charge in [-0.05, 0) is 31.7 Å². The smallest absolute Gasteiger partial charge is 0.246 e. The minimum atomic E-state index is -0.638. The zero-order valence-electron chi connectivity index (χ0n) is 16.4. The third kappa shape index (κ3) is 10.7. The van der Waals surface area contributed by atoms with Crippen molar-refractivity contribution in [2.75, 3.05) is 52.4 Å². The van der Waals surface area contributed by atoms with Gasteiger partial charge >= 0.3 is 0 Å². The van der Waals surface area contributed by atoms with E-state index in [-0.39, 0.29) is 24.8 Å². The number of likely N-dealkylation sites (N-methyl/N-ethyl adjacent to an activating group) is 1. The van der Waals surface area contributed by atoms with E-state index in [0.717, 1.165) is 12.1 Å². The van der Waals surface area contributed by atoms with Crippen molar-refractivity contribution < 1.29 is 23.8 Å². The van der Waals surface area contributed by atoms with Crippen LogP contribution in [0.2, 0.25) is 0 Å². The molecule has 152 valence electrons. The second-order valence-corrected chi connectivity index (χ2v) is 5.99. The van der Waals surface area contributed by atoms with Crippen molar-refractivity contribution in [1.82, 2.24) is 10.6 Å². The van der Waals surface area contributed by atoms with E-state index in [9.17, 15) is 9.59 Å². The Kier molecular flexibility index (Phi) is 12.0. The van der Waals surface area contributed by atoms with Crippen LogP contribution in [0, 0.1) is 0 Å². The summed E-state index contributed by atoms with van der Waals surface area (Å²) in [5.74, 6) is -0.508. The van der Waals surface area contributed by atoms with E-state index in [1.54, 1.807) is 26.2 Å². The predicted octanol–water partition coefficient (Wildman–Crippen LogP) is 0.919. The van der Waals surface area contributed by atoms with Gasteiger partial charge in [0.05, 0.1) is 33.0 Å². The van der Waals surface area contributed by atoms with Crippen molar-refractivity contribution in [3.8, 4) is 0 Å². The van der Waals surface area contributed by atoms with Crippen molar-refractivity contribution in [3.63, 3.8) is 0 Å². The van der Waals surface area contributed by atoms with Gasteiger partial charge in [0.25, 0.3) is 0 Å². The molecule has 0 heterocycles. The van der Waals surface area contributed by atoms with Gasteiger partial charge < -0.3 is 30.2 Å². The van der Waals surface area contributed by atoms with Crippen LogP contribution in [0.4, 0.5) is 5.69 Å². The predicted molar refractivity (Wildman–Crippen MR) is 104 cm³/mol. The highest BCUT2D eigenvalue weighted by Gasteiger charge is 2.15. The summed E-state index contributed by atoms with van der Waals surface area (Å²) < 4.78 is 15.7. The van der Waals surface area contributed by atoms with E-state index >= 15 is 0 Å². The zero-order valence-corrected chi connectivity index (χ0v) is 16.4. The molecule has 1 atom stereocenters. The SMILES string of the molecule is CNCCOCCOCCC(=O)N[C@@H](C)C(=O)Nc1ccc(COC)cc1. The summed E-state index contributed by atoms with van der Waals surface area (Å²) in [5.41, 5.74) is 1.69. The number of ether oxygens (including phenoxy) is 3. The molecule has 0 saturated carbocycles.